The molecule has 112 valence electrons. The Morgan fingerprint density at radius 1 is 1.33 bits per heavy atom. The second-order valence-corrected chi connectivity index (χ2v) is 6.68. The average molecular weight is 304 g/mol. The molecule has 0 amide bonds. The number of rotatable bonds is 6. The summed E-state index contributed by atoms with van der Waals surface area (Å²) in [7, 11) is 1.59. The van der Waals surface area contributed by atoms with Crippen molar-refractivity contribution in [3.05, 3.63) is 22.7 Å². The fourth-order valence-corrected chi connectivity index (χ4v) is 3.25. The summed E-state index contributed by atoms with van der Waals surface area (Å²) in [6.45, 7) is 5.26. The van der Waals surface area contributed by atoms with E-state index in [9.17, 15) is 0 Å². The van der Waals surface area contributed by atoms with Crippen LogP contribution < -0.4 is 10.1 Å². The first-order valence-corrected chi connectivity index (χ1v) is 8.10. The molecular formula is C15H20N4OS. The highest BCUT2D eigenvalue weighted by molar-refractivity contribution is 7.15. The fourth-order valence-electron chi connectivity index (χ4n) is 2.12. The maximum Gasteiger partial charge on any atom is 0.233 e. The number of aromatic nitrogens is 3. The van der Waals surface area contributed by atoms with Crippen LogP contribution in [-0.2, 0) is 6.54 Å². The van der Waals surface area contributed by atoms with Crippen LogP contribution in [0.25, 0.3) is 10.7 Å². The van der Waals surface area contributed by atoms with Crippen LogP contribution in [0, 0.1) is 0 Å². The smallest absolute Gasteiger partial charge is 0.233 e. The SMILES string of the molecule is COc1ccc(-c2nc(C(C)C)c(CNC3CC3)s2)nn1. The Hall–Kier alpha value is -1.53. The van der Waals surface area contributed by atoms with Crippen molar-refractivity contribution in [1.29, 1.82) is 0 Å². The first kappa shape index (κ1) is 14.4. The van der Waals surface area contributed by atoms with Crippen LogP contribution in [0.4, 0.5) is 0 Å². The Bertz CT molecular complexity index is 605. The number of methoxy groups -OCH3 is 1. The van der Waals surface area contributed by atoms with Crippen LogP contribution in [0.1, 0.15) is 43.2 Å². The third-order valence-electron chi connectivity index (χ3n) is 3.47. The van der Waals surface area contributed by atoms with Crippen LogP contribution in [-0.4, -0.2) is 28.3 Å². The molecular weight excluding hydrogens is 284 g/mol. The van der Waals surface area contributed by atoms with Gasteiger partial charge in [0, 0.05) is 23.5 Å². The highest BCUT2D eigenvalue weighted by Gasteiger charge is 2.22. The molecule has 0 radical (unpaired) electrons. The van der Waals surface area contributed by atoms with E-state index in [1.54, 1.807) is 18.4 Å². The van der Waals surface area contributed by atoms with Crippen LogP contribution >= 0.6 is 11.3 Å². The summed E-state index contributed by atoms with van der Waals surface area (Å²) < 4.78 is 5.04. The molecule has 21 heavy (non-hydrogen) atoms. The van der Waals surface area contributed by atoms with E-state index in [2.05, 4.69) is 29.4 Å². The maximum atomic E-state index is 5.04. The van der Waals surface area contributed by atoms with Gasteiger partial charge in [0.05, 0.1) is 12.8 Å². The van der Waals surface area contributed by atoms with Gasteiger partial charge in [-0.25, -0.2) is 4.98 Å². The molecule has 5 nitrogen and oxygen atoms in total. The quantitative estimate of drug-likeness (QED) is 0.889. The van der Waals surface area contributed by atoms with Gasteiger partial charge in [-0.05, 0) is 24.8 Å². The average Bonchev–Trinajstić information content (AvgIpc) is 3.23. The molecule has 0 unspecified atom stereocenters. The highest BCUT2D eigenvalue weighted by atomic mass is 32.1. The summed E-state index contributed by atoms with van der Waals surface area (Å²) in [4.78, 5) is 6.08. The van der Waals surface area contributed by atoms with Crippen molar-refractivity contribution in [2.45, 2.75) is 45.2 Å². The molecule has 1 saturated carbocycles. The molecule has 0 aromatic carbocycles. The van der Waals surface area contributed by atoms with E-state index >= 15 is 0 Å². The molecule has 2 heterocycles. The van der Waals surface area contributed by atoms with Crippen molar-refractivity contribution in [1.82, 2.24) is 20.5 Å². The van der Waals surface area contributed by atoms with Crippen LogP contribution in [0.2, 0.25) is 0 Å². The monoisotopic (exact) mass is 304 g/mol. The minimum absolute atomic E-state index is 0.414. The van der Waals surface area contributed by atoms with E-state index in [4.69, 9.17) is 9.72 Å². The molecule has 3 rings (SSSR count). The van der Waals surface area contributed by atoms with Crippen LogP contribution in [0.5, 0.6) is 5.88 Å². The minimum atomic E-state index is 0.414. The molecule has 1 aliphatic carbocycles. The standard InChI is InChI=1S/C15H20N4OS/c1-9(2)14-12(8-16-10-4-5-10)21-15(17-14)11-6-7-13(20-3)19-18-11/h6-7,9-10,16H,4-5,8H2,1-3H3. The van der Waals surface area contributed by atoms with E-state index in [-0.39, 0.29) is 0 Å². The topological polar surface area (TPSA) is 59.9 Å². The molecule has 0 aliphatic heterocycles. The van der Waals surface area contributed by atoms with Gasteiger partial charge in [-0.1, -0.05) is 13.8 Å². The predicted molar refractivity (Wildman–Crippen MR) is 83.6 cm³/mol. The number of hydrogen-bond donors (Lipinski definition) is 1. The second kappa shape index (κ2) is 6.07. The highest BCUT2D eigenvalue weighted by Crippen LogP contribution is 2.31. The lowest BCUT2D eigenvalue weighted by molar-refractivity contribution is 0.392. The van der Waals surface area contributed by atoms with E-state index < -0.39 is 0 Å². The molecule has 0 atom stereocenters. The Balaban J connectivity index is 1.84. The van der Waals surface area contributed by atoms with Gasteiger partial charge >= 0.3 is 0 Å². The number of nitrogens with one attached hydrogen (secondary N) is 1. The summed E-state index contributed by atoms with van der Waals surface area (Å²) in [6.07, 6.45) is 2.60. The second-order valence-electron chi connectivity index (χ2n) is 5.60. The van der Waals surface area contributed by atoms with Gasteiger partial charge in [0.15, 0.2) is 0 Å². The lowest BCUT2D eigenvalue weighted by atomic mass is 10.1. The van der Waals surface area contributed by atoms with E-state index in [1.807, 2.05) is 12.1 Å². The largest absolute Gasteiger partial charge is 0.480 e. The Labute approximate surface area is 128 Å². The third kappa shape index (κ3) is 3.39. The minimum Gasteiger partial charge on any atom is -0.480 e. The summed E-state index contributed by atoms with van der Waals surface area (Å²) in [6, 6.07) is 4.43. The predicted octanol–water partition coefficient (Wildman–Crippen LogP) is 2.98. The lowest BCUT2D eigenvalue weighted by Crippen LogP contribution is -2.15. The molecule has 1 fully saturated rings. The number of ether oxygens (including phenoxy) is 1. The molecule has 2 aromatic rings. The van der Waals surface area contributed by atoms with Gasteiger partial charge in [0.25, 0.3) is 0 Å². The zero-order valence-electron chi connectivity index (χ0n) is 12.6. The van der Waals surface area contributed by atoms with Gasteiger partial charge in [0.2, 0.25) is 5.88 Å². The summed E-state index contributed by atoms with van der Waals surface area (Å²) in [5, 5.41) is 12.7. The number of nitrogens with zero attached hydrogens (tertiary/aromatic N) is 3. The van der Waals surface area contributed by atoms with Crippen molar-refractivity contribution >= 4 is 11.3 Å². The van der Waals surface area contributed by atoms with Gasteiger partial charge < -0.3 is 10.1 Å². The van der Waals surface area contributed by atoms with Gasteiger partial charge in [-0.3, -0.25) is 0 Å². The van der Waals surface area contributed by atoms with E-state index in [0.717, 1.165) is 17.2 Å². The Morgan fingerprint density at radius 3 is 2.71 bits per heavy atom. The van der Waals surface area contributed by atoms with Gasteiger partial charge in [0.1, 0.15) is 10.7 Å². The lowest BCUT2D eigenvalue weighted by Gasteiger charge is -2.05. The van der Waals surface area contributed by atoms with Gasteiger partial charge in [-0.2, -0.15) is 0 Å². The van der Waals surface area contributed by atoms with Crippen LogP contribution in [0.15, 0.2) is 12.1 Å². The first-order chi connectivity index (χ1) is 10.2. The molecule has 1 aliphatic rings. The zero-order chi connectivity index (χ0) is 14.8. The van der Waals surface area contributed by atoms with Crippen molar-refractivity contribution in [2.24, 2.45) is 0 Å². The number of hydrogen-bond acceptors (Lipinski definition) is 6. The molecule has 6 heteroatoms. The fraction of sp³-hybridized carbons (Fsp3) is 0.533. The third-order valence-corrected chi connectivity index (χ3v) is 4.57. The first-order valence-electron chi connectivity index (χ1n) is 7.28. The molecule has 0 spiro atoms. The molecule has 1 N–H and O–H groups in total. The molecule has 0 bridgehead atoms. The van der Waals surface area contributed by atoms with E-state index in [0.29, 0.717) is 17.8 Å². The zero-order valence-corrected chi connectivity index (χ0v) is 13.4. The summed E-state index contributed by atoms with van der Waals surface area (Å²) >= 11 is 1.71. The van der Waals surface area contributed by atoms with Gasteiger partial charge in [-0.15, -0.1) is 21.5 Å². The molecule has 0 saturated heterocycles. The number of thiazole rings is 1. The summed E-state index contributed by atoms with van der Waals surface area (Å²) in [5.41, 5.74) is 1.97. The summed E-state index contributed by atoms with van der Waals surface area (Å²) in [5.74, 6) is 0.937. The van der Waals surface area contributed by atoms with Crippen molar-refractivity contribution in [2.75, 3.05) is 7.11 Å². The van der Waals surface area contributed by atoms with E-state index in [1.165, 1.54) is 23.4 Å². The van der Waals surface area contributed by atoms with Crippen molar-refractivity contribution < 1.29 is 4.74 Å². The van der Waals surface area contributed by atoms with Crippen molar-refractivity contribution in [3.8, 4) is 16.6 Å². The normalized spacial score (nSPS) is 14.7. The molecule has 2 aromatic heterocycles. The Kier molecular flexibility index (Phi) is 4.17. The maximum absolute atomic E-state index is 5.04. The van der Waals surface area contributed by atoms with Crippen LogP contribution in [0.3, 0.4) is 0 Å². The Morgan fingerprint density at radius 2 is 2.14 bits per heavy atom. The van der Waals surface area contributed by atoms with Crippen molar-refractivity contribution in [3.63, 3.8) is 0 Å².